The molecule has 2 aliphatic rings. The van der Waals surface area contributed by atoms with E-state index in [1.807, 2.05) is 19.6 Å². The van der Waals surface area contributed by atoms with Crippen LogP contribution in [0.4, 0.5) is 0 Å². The maximum atomic E-state index is 13.2. The highest BCUT2D eigenvalue weighted by molar-refractivity contribution is 8.01. The Balaban J connectivity index is 1.88. The van der Waals surface area contributed by atoms with E-state index in [0.29, 0.717) is 17.2 Å². The number of thioether (sulfide) groups is 2. The second-order valence-corrected chi connectivity index (χ2v) is 27.5. The maximum Gasteiger partial charge on any atom is 0.341 e. The number of rotatable bonds is 8. The Bertz CT molecular complexity index is 934. The largest absolute Gasteiger partial charge is 0.515 e. The molecule has 1 unspecified atom stereocenters. The van der Waals surface area contributed by atoms with Crippen LogP contribution in [-0.2, 0) is 14.0 Å². The summed E-state index contributed by atoms with van der Waals surface area (Å²) in [6.07, 6.45) is 0. The zero-order chi connectivity index (χ0) is 24.1. The van der Waals surface area contributed by atoms with Gasteiger partial charge in [-0.25, -0.2) is 4.79 Å². The molecule has 178 valence electrons. The van der Waals surface area contributed by atoms with Gasteiger partial charge in [0.25, 0.3) is 0 Å². The summed E-state index contributed by atoms with van der Waals surface area (Å²) in [5.41, 5.74) is 1.38. The minimum atomic E-state index is -2.11. The molecule has 0 aliphatic carbocycles. The van der Waals surface area contributed by atoms with Gasteiger partial charge in [-0.3, -0.25) is 9.69 Å². The van der Waals surface area contributed by atoms with Crippen LogP contribution in [0.2, 0.25) is 58.9 Å². The van der Waals surface area contributed by atoms with Gasteiger partial charge in [-0.05, 0) is 25.2 Å². The molecule has 2 aliphatic heterocycles. The molecular formula is C19H35N5O3S2Si3. The first kappa shape index (κ1) is 25.7. The molecule has 0 bridgehead atoms. The van der Waals surface area contributed by atoms with E-state index in [-0.39, 0.29) is 23.3 Å². The molecule has 0 radical (unpaired) electrons. The van der Waals surface area contributed by atoms with Crippen molar-refractivity contribution in [3.63, 3.8) is 0 Å². The van der Waals surface area contributed by atoms with Gasteiger partial charge in [-0.1, -0.05) is 51.0 Å². The van der Waals surface area contributed by atoms with Crippen molar-refractivity contribution in [1.29, 1.82) is 0 Å². The normalized spacial score (nSPS) is 22.0. The summed E-state index contributed by atoms with van der Waals surface area (Å²) >= 11 is 3.30. The minimum absolute atomic E-state index is 0.0288. The van der Waals surface area contributed by atoms with Crippen molar-refractivity contribution in [2.75, 3.05) is 11.5 Å². The Labute approximate surface area is 202 Å². The van der Waals surface area contributed by atoms with Crippen LogP contribution in [-0.4, -0.2) is 79.7 Å². The third kappa shape index (κ3) is 5.78. The van der Waals surface area contributed by atoms with Crippen molar-refractivity contribution in [3.05, 3.63) is 11.3 Å². The zero-order valence-corrected chi connectivity index (χ0v) is 25.1. The summed E-state index contributed by atoms with van der Waals surface area (Å²) in [6.45, 7) is 19.2. The van der Waals surface area contributed by atoms with E-state index in [2.05, 4.69) is 59.7 Å². The highest BCUT2D eigenvalue weighted by Gasteiger charge is 2.54. The van der Waals surface area contributed by atoms with Gasteiger partial charge in [-0.2, -0.15) is 10.3 Å². The Morgan fingerprint density at radius 2 is 1.84 bits per heavy atom. The molecule has 0 aromatic carbocycles. The number of nitrogens with one attached hydrogen (secondary N) is 2. The standard InChI is InChI=1S/C19H35N5O3S2Si3/c1-30(2,3)16-15(20-23-21-16)28-10-12-11-29-18-13(22-31(4,5)6)17(25)24(18)14(12)19(26)27-32(7,8)9/h13,18,22H,10-11H2,1-9H3,(H,20,21,23)/t13?,18-/m0/s1. The molecule has 1 fully saturated rings. The number of aromatic amines is 1. The number of H-pyrrole nitrogens is 1. The molecule has 32 heavy (non-hydrogen) atoms. The minimum Gasteiger partial charge on any atom is -0.515 e. The van der Waals surface area contributed by atoms with Gasteiger partial charge >= 0.3 is 5.97 Å². The summed E-state index contributed by atoms with van der Waals surface area (Å²) in [5, 5.41) is 13.3. The quantitative estimate of drug-likeness (QED) is 0.301. The number of hydrogen-bond acceptors (Lipinski definition) is 8. The third-order valence-electron chi connectivity index (χ3n) is 4.84. The summed E-state index contributed by atoms with van der Waals surface area (Å²) < 4.78 is 5.85. The maximum absolute atomic E-state index is 13.2. The molecule has 13 heteroatoms. The lowest BCUT2D eigenvalue weighted by molar-refractivity contribution is -0.147. The van der Waals surface area contributed by atoms with Crippen LogP contribution < -0.4 is 10.3 Å². The number of carbonyl (C=O) groups excluding carboxylic acids is 2. The van der Waals surface area contributed by atoms with E-state index >= 15 is 0 Å². The fourth-order valence-corrected chi connectivity index (χ4v) is 10.1. The van der Waals surface area contributed by atoms with Gasteiger partial charge in [0.1, 0.15) is 38.4 Å². The van der Waals surface area contributed by atoms with Crippen molar-refractivity contribution >= 4 is 65.3 Å². The van der Waals surface area contributed by atoms with E-state index in [9.17, 15) is 9.59 Å². The van der Waals surface area contributed by atoms with Gasteiger partial charge in [0.2, 0.25) is 14.2 Å². The molecule has 3 rings (SSSR count). The van der Waals surface area contributed by atoms with Gasteiger partial charge in [0.15, 0.2) is 0 Å². The molecular weight excluding hydrogens is 495 g/mol. The zero-order valence-electron chi connectivity index (χ0n) is 20.5. The van der Waals surface area contributed by atoms with Crippen LogP contribution in [0, 0.1) is 0 Å². The number of β-lactam (4-membered cyclic amide) rings is 1. The van der Waals surface area contributed by atoms with Crippen molar-refractivity contribution in [1.82, 2.24) is 25.3 Å². The molecule has 1 saturated heterocycles. The first-order valence-electron chi connectivity index (χ1n) is 10.8. The van der Waals surface area contributed by atoms with Crippen LogP contribution in [0.5, 0.6) is 0 Å². The topological polar surface area (TPSA) is 100 Å². The molecule has 8 nitrogen and oxygen atoms in total. The van der Waals surface area contributed by atoms with Crippen molar-refractivity contribution < 1.29 is 14.0 Å². The summed E-state index contributed by atoms with van der Waals surface area (Å²) in [7, 11) is -5.40. The summed E-state index contributed by atoms with van der Waals surface area (Å²) in [6, 6.07) is -0.232. The molecule has 2 atom stereocenters. The molecule has 1 aromatic heterocycles. The second kappa shape index (κ2) is 9.06. The Hall–Kier alpha value is -0.869. The summed E-state index contributed by atoms with van der Waals surface area (Å²) in [5.74, 6) is 0.881. The number of carbonyl (C=O) groups is 2. The number of aromatic nitrogens is 3. The van der Waals surface area contributed by atoms with Gasteiger partial charge in [-0.15, -0.1) is 16.9 Å². The Morgan fingerprint density at radius 3 is 2.41 bits per heavy atom. The highest BCUT2D eigenvalue weighted by Crippen LogP contribution is 2.42. The predicted molar refractivity (Wildman–Crippen MR) is 140 cm³/mol. The molecule has 3 heterocycles. The lowest BCUT2D eigenvalue weighted by atomic mass is 10.0. The van der Waals surface area contributed by atoms with Crippen LogP contribution in [0.25, 0.3) is 0 Å². The fraction of sp³-hybridized carbons (Fsp3) is 0.684. The fourth-order valence-electron chi connectivity index (χ4n) is 3.54. The molecule has 1 amide bonds. The average molecular weight is 530 g/mol. The van der Waals surface area contributed by atoms with Gasteiger partial charge < -0.3 is 9.41 Å². The lowest BCUT2D eigenvalue weighted by Crippen LogP contribution is -2.73. The highest BCUT2D eigenvalue weighted by atomic mass is 32.2. The van der Waals surface area contributed by atoms with Crippen molar-refractivity contribution in [2.24, 2.45) is 0 Å². The van der Waals surface area contributed by atoms with E-state index in [1.165, 1.54) is 0 Å². The lowest BCUT2D eigenvalue weighted by Gasteiger charge is -2.51. The SMILES string of the molecule is C[Si](C)(C)NC1C(=O)N2C(C(=O)O[Si](C)(C)C)=C(CSc3n[nH]nc3[Si](C)(C)C)CS[C@@H]12. The predicted octanol–water partition coefficient (Wildman–Crippen LogP) is 2.78. The summed E-state index contributed by atoms with van der Waals surface area (Å²) in [4.78, 5) is 31.6. The molecule has 0 saturated carbocycles. The molecule has 2 N–H and O–H groups in total. The van der Waals surface area contributed by atoms with E-state index in [1.54, 1.807) is 28.4 Å². The molecule has 1 aromatic rings. The van der Waals surface area contributed by atoms with Gasteiger partial charge in [0, 0.05) is 11.5 Å². The second-order valence-electron chi connectivity index (χ2n) is 11.3. The van der Waals surface area contributed by atoms with E-state index in [0.717, 1.165) is 15.9 Å². The monoisotopic (exact) mass is 529 g/mol. The third-order valence-corrected chi connectivity index (χ3v) is 11.2. The van der Waals surface area contributed by atoms with Crippen LogP contribution >= 0.6 is 23.5 Å². The Kier molecular flexibility index (Phi) is 7.29. The van der Waals surface area contributed by atoms with Gasteiger partial charge in [0.05, 0.1) is 5.32 Å². The van der Waals surface area contributed by atoms with E-state index < -0.39 is 24.6 Å². The number of nitrogens with zero attached hydrogens (tertiary/aromatic N) is 3. The number of hydrogen-bond donors (Lipinski definition) is 2. The average Bonchev–Trinajstić information content (AvgIpc) is 3.10. The number of fused-ring (bicyclic) bond motifs is 1. The van der Waals surface area contributed by atoms with E-state index in [4.69, 9.17) is 4.43 Å². The van der Waals surface area contributed by atoms with Crippen LogP contribution in [0.1, 0.15) is 0 Å². The van der Waals surface area contributed by atoms with Crippen molar-refractivity contribution in [2.45, 2.75) is 75.4 Å². The first-order chi connectivity index (χ1) is 14.6. The smallest absolute Gasteiger partial charge is 0.341 e. The van der Waals surface area contributed by atoms with Crippen molar-refractivity contribution in [3.8, 4) is 0 Å². The Morgan fingerprint density at radius 1 is 1.19 bits per heavy atom. The van der Waals surface area contributed by atoms with Crippen LogP contribution in [0.15, 0.2) is 16.3 Å². The number of amides is 1. The molecule has 0 spiro atoms. The van der Waals surface area contributed by atoms with Crippen LogP contribution in [0.3, 0.4) is 0 Å². The first-order valence-corrected chi connectivity index (χ1v) is 23.2.